The molecule has 3 rings (SSSR count). The monoisotopic (exact) mass is 274 g/mol. The molecule has 0 spiro atoms. The Kier molecular flexibility index (Phi) is 3.31. The molecule has 1 fully saturated rings. The van der Waals surface area contributed by atoms with Gasteiger partial charge in [-0.15, -0.1) is 0 Å². The Bertz CT molecular complexity index is 734. The predicted molar refractivity (Wildman–Crippen MR) is 79.0 cm³/mol. The molecule has 2 unspecified atom stereocenters. The van der Waals surface area contributed by atoms with E-state index >= 15 is 0 Å². The molecule has 0 saturated heterocycles. The van der Waals surface area contributed by atoms with E-state index in [1.807, 2.05) is 6.07 Å². The van der Waals surface area contributed by atoms with Gasteiger partial charge in [-0.25, -0.2) is 0 Å². The fourth-order valence-electron chi connectivity index (χ4n) is 2.93. The smallest absolute Gasteiger partial charge is 0.272 e. The Morgan fingerprint density at radius 1 is 1.15 bits per heavy atom. The SMILES string of the molecule is NC1CCCC(Nc2cccc3c(=O)[nH][nH]c(=O)c23)C1. The topological polar surface area (TPSA) is 104 Å². The van der Waals surface area contributed by atoms with Crippen molar-refractivity contribution in [2.75, 3.05) is 5.32 Å². The van der Waals surface area contributed by atoms with Crippen molar-refractivity contribution in [3.05, 3.63) is 38.9 Å². The van der Waals surface area contributed by atoms with Gasteiger partial charge in [0.1, 0.15) is 0 Å². The summed E-state index contributed by atoms with van der Waals surface area (Å²) < 4.78 is 0. The fraction of sp³-hybridized carbons (Fsp3) is 0.429. The Balaban J connectivity index is 2.01. The van der Waals surface area contributed by atoms with E-state index < -0.39 is 0 Å². The van der Waals surface area contributed by atoms with Crippen LogP contribution in [0, 0.1) is 0 Å². The first-order chi connectivity index (χ1) is 9.65. The lowest BCUT2D eigenvalue weighted by atomic mass is 9.91. The normalized spacial score (nSPS) is 22.9. The van der Waals surface area contributed by atoms with Gasteiger partial charge in [-0.3, -0.25) is 19.8 Å². The van der Waals surface area contributed by atoms with Gasteiger partial charge in [0.2, 0.25) is 0 Å². The molecule has 0 radical (unpaired) electrons. The summed E-state index contributed by atoms with van der Waals surface area (Å²) in [6.45, 7) is 0. The van der Waals surface area contributed by atoms with Crippen LogP contribution in [0.1, 0.15) is 25.7 Å². The minimum absolute atomic E-state index is 0.206. The summed E-state index contributed by atoms with van der Waals surface area (Å²) in [6, 6.07) is 5.72. The molecular weight excluding hydrogens is 256 g/mol. The zero-order valence-electron chi connectivity index (χ0n) is 11.1. The van der Waals surface area contributed by atoms with Crippen molar-refractivity contribution >= 4 is 16.5 Å². The maximum atomic E-state index is 12.0. The highest BCUT2D eigenvalue weighted by atomic mass is 16.1. The van der Waals surface area contributed by atoms with E-state index in [0.717, 1.165) is 25.7 Å². The van der Waals surface area contributed by atoms with Gasteiger partial charge in [-0.1, -0.05) is 6.07 Å². The Morgan fingerprint density at radius 2 is 1.95 bits per heavy atom. The van der Waals surface area contributed by atoms with Crippen LogP contribution in [0.2, 0.25) is 0 Å². The molecule has 1 saturated carbocycles. The van der Waals surface area contributed by atoms with Crippen LogP contribution >= 0.6 is 0 Å². The van der Waals surface area contributed by atoms with Crippen molar-refractivity contribution in [2.24, 2.45) is 5.73 Å². The summed E-state index contributed by atoms with van der Waals surface area (Å²) >= 11 is 0. The number of hydrogen-bond donors (Lipinski definition) is 4. The van der Waals surface area contributed by atoms with E-state index in [2.05, 4.69) is 15.5 Å². The lowest BCUT2D eigenvalue weighted by Crippen LogP contribution is -2.35. The summed E-state index contributed by atoms with van der Waals surface area (Å²) in [5.41, 5.74) is 6.11. The maximum absolute atomic E-state index is 12.0. The van der Waals surface area contributed by atoms with E-state index in [4.69, 9.17) is 5.73 Å². The first-order valence-electron chi connectivity index (χ1n) is 6.91. The van der Waals surface area contributed by atoms with Gasteiger partial charge in [0.05, 0.1) is 10.8 Å². The molecule has 0 aliphatic heterocycles. The van der Waals surface area contributed by atoms with Crippen LogP contribution in [0.4, 0.5) is 5.69 Å². The molecule has 6 heteroatoms. The molecule has 106 valence electrons. The standard InChI is InChI=1S/C14H18N4O2/c15-8-3-1-4-9(7-8)16-11-6-2-5-10-12(11)14(20)18-17-13(10)19/h2,5-6,8-9,16H,1,3-4,7,15H2,(H,17,19)(H,18,20). The van der Waals surface area contributed by atoms with Crippen molar-refractivity contribution in [2.45, 2.75) is 37.8 Å². The average Bonchev–Trinajstić information content (AvgIpc) is 2.43. The quantitative estimate of drug-likeness (QED) is 0.653. The molecule has 1 heterocycles. The maximum Gasteiger partial charge on any atom is 0.272 e. The van der Waals surface area contributed by atoms with Gasteiger partial charge in [0.25, 0.3) is 11.1 Å². The predicted octanol–water partition coefficient (Wildman–Crippen LogP) is 0.898. The fourth-order valence-corrected chi connectivity index (χ4v) is 2.93. The third kappa shape index (κ3) is 2.34. The minimum Gasteiger partial charge on any atom is -0.382 e. The first kappa shape index (κ1) is 12.9. The molecule has 2 atom stereocenters. The number of nitrogens with one attached hydrogen (secondary N) is 3. The molecule has 0 amide bonds. The second-order valence-corrected chi connectivity index (χ2v) is 5.40. The molecule has 6 nitrogen and oxygen atoms in total. The second kappa shape index (κ2) is 5.13. The van der Waals surface area contributed by atoms with Crippen LogP contribution in [0.15, 0.2) is 27.8 Å². The van der Waals surface area contributed by atoms with Crippen LogP contribution in [0.3, 0.4) is 0 Å². The van der Waals surface area contributed by atoms with Crippen LogP contribution in [0.5, 0.6) is 0 Å². The van der Waals surface area contributed by atoms with Crippen molar-refractivity contribution in [3.63, 3.8) is 0 Å². The Hall–Kier alpha value is -2.08. The molecule has 5 N–H and O–H groups in total. The Labute approximate surface area is 115 Å². The van der Waals surface area contributed by atoms with Crippen LogP contribution in [-0.4, -0.2) is 22.3 Å². The molecule has 20 heavy (non-hydrogen) atoms. The highest BCUT2D eigenvalue weighted by molar-refractivity contribution is 5.92. The number of aromatic amines is 2. The summed E-state index contributed by atoms with van der Waals surface area (Å²) in [6.07, 6.45) is 4.05. The van der Waals surface area contributed by atoms with Crippen LogP contribution in [0.25, 0.3) is 10.8 Å². The highest BCUT2D eigenvalue weighted by Crippen LogP contribution is 2.24. The molecule has 2 aromatic rings. The number of fused-ring (bicyclic) bond motifs is 1. The highest BCUT2D eigenvalue weighted by Gasteiger charge is 2.20. The molecule has 1 aromatic heterocycles. The molecular formula is C14H18N4O2. The lowest BCUT2D eigenvalue weighted by Gasteiger charge is -2.28. The van der Waals surface area contributed by atoms with Crippen molar-refractivity contribution in [3.8, 4) is 0 Å². The van der Waals surface area contributed by atoms with Gasteiger partial charge in [0, 0.05) is 17.8 Å². The van der Waals surface area contributed by atoms with E-state index in [-0.39, 0.29) is 23.2 Å². The number of H-pyrrole nitrogens is 2. The van der Waals surface area contributed by atoms with Gasteiger partial charge < -0.3 is 11.1 Å². The number of hydrogen-bond acceptors (Lipinski definition) is 4. The second-order valence-electron chi connectivity index (χ2n) is 5.40. The van der Waals surface area contributed by atoms with Crippen LogP contribution in [-0.2, 0) is 0 Å². The summed E-state index contributed by atoms with van der Waals surface area (Å²) in [7, 11) is 0. The number of benzene rings is 1. The first-order valence-corrected chi connectivity index (χ1v) is 6.91. The van der Waals surface area contributed by atoms with E-state index in [0.29, 0.717) is 16.5 Å². The molecule has 0 bridgehead atoms. The Morgan fingerprint density at radius 3 is 2.75 bits per heavy atom. The van der Waals surface area contributed by atoms with E-state index in [1.54, 1.807) is 12.1 Å². The van der Waals surface area contributed by atoms with Crippen molar-refractivity contribution in [1.82, 2.24) is 10.2 Å². The van der Waals surface area contributed by atoms with E-state index in [1.165, 1.54) is 0 Å². The summed E-state index contributed by atoms with van der Waals surface area (Å²) in [5, 5.41) is 8.89. The van der Waals surface area contributed by atoms with Crippen molar-refractivity contribution in [1.29, 1.82) is 0 Å². The zero-order chi connectivity index (χ0) is 14.1. The average molecular weight is 274 g/mol. The van der Waals surface area contributed by atoms with Gasteiger partial charge >= 0.3 is 0 Å². The van der Waals surface area contributed by atoms with Gasteiger partial charge in [-0.2, -0.15) is 0 Å². The van der Waals surface area contributed by atoms with Crippen molar-refractivity contribution < 1.29 is 0 Å². The van der Waals surface area contributed by atoms with E-state index in [9.17, 15) is 9.59 Å². The number of aromatic nitrogens is 2. The molecule has 1 aliphatic carbocycles. The number of anilines is 1. The van der Waals surface area contributed by atoms with Gasteiger partial charge in [0.15, 0.2) is 0 Å². The third-order valence-electron chi connectivity index (χ3n) is 3.90. The number of rotatable bonds is 2. The zero-order valence-corrected chi connectivity index (χ0v) is 11.1. The summed E-state index contributed by atoms with van der Waals surface area (Å²) in [5.74, 6) is 0. The number of nitrogens with two attached hydrogens (primary N) is 1. The third-order valence-corrected chi connectivity index (χ3v) is 3.90. The largest absolute Gasteiger partial charge is 0.382 e. The lowest BCUT2D eigenvalue weighted by molar-refractivity contribution is 0.410. The van der Waals surface area contributed by atoms with Crippen LogP contribution < -0.4 is 22.2 Å². The van der Waals surface area contributed by atoms with Gasteiger partial charge in [-0.05, 0) is 37.8 Å². The minimum atomic E-state index is -0.289. The summed E-state index contributed by atoms with van der Waals surface area (Å²) in [4.78, 5) is 23.7. The molecule has 1 aromatic carbocycles. The molecule has 1 aliphatic rings.